The van der Waals surface area contributed by atoms with Crippen LogP contribution in [0.5, 0.6) is 0 Å². The molecule has 0 fully saturated rings. The van der Waals surface area contributed by atoms with E-state index in [-0.39, 0.29) is 12.3 Å². The molecule has 0 spiro atoms. The Hall–Kier alpha value is -2.94. The molecule has 0 bridgehead atoms. The summed E-state index contributed by atoms with van der Waals surface area (Å²) in [6.45, 7) is 4.64. The van der Waals surface area contributed by atoms with Crippen molar-refractivity contribution in [3.05, 3.63) is 35.9 Å². The smallest absolute Gasteiger partial charge is 0.322 e. The van der Waals surface area contributed by atoms with Crippen molar-refractivity contribution in [2.24, 2.45) is 11.7 Å². The molecule has 1 aromatic rings. The summed E-state index contributed by atoms with van der Waals surface area (Å²) in [5.74, 6) is -3.01. The molecule has 0 heterocycles. The molecular weight excluding hydrogens is 376 g/mol. The first-order valence-corrected chi connectivity index (χ1v) is 9.55. The van der Waals surface area contributed by atoms with E-state index in [1.54, 1.807) is 24.3 Å². The fourth-order valence-electron chi connectivity index (χ4n) is 2.59. The van der Waals surface area contributed by atoms with E-state index in [4.69, 9.17) is 10.8 Å². The molecule has 9 nitrogen and oxygen atoms in total. The molecule has 0 saturated carbocycles. The summed E-state index contributed by atoms with van der Waals surface area (Å²) < 4.78 is 0. The molecule has 4 unspecified atom stereocenters. The van der Waals surface area contributed by atoms with E-state index in [2.05, 4.69) is 16.0 Å². The molecule has 160 valence electrons. The van der Waals surface area contributed by atoms with Crippen molar-refractivity contribution in [2.75, 3.05) is 6.54 Å². The lowest BCUT2D eigenvalue weighted by atomic mass is 9.97. The molecule has 0 radical (unpaired) electrons. The van der Waals surface area contributed by atoms with Crippen LogP contribution in [-0.4, -0.2) is 53.5 Å². The first-order valence-electron chi connectivity index (χ1n) is 9.55. The minimum absolute atomic E-state index is 0.173. The average Bonchev–Trinajstić information content (AvgIpc) is 2.69. The number of nitrogens with one attached hydrogen (secondary N) is 3. The van der Waals surface area contributed by atoms with Crippen LogP contribution in [0.3, 0.4) is 0 Å². The van der Waals surface area contributed by atoms with Crippen molar-refractivity contribution in [1.29, 1.82) is 0 Å². The summed E-state index contributed by atoms with van der Waals surface area (Å²) in [7, 11) is 0. The Kier molecular flexibility index (Phi) is 9.81. The third-order valence-corrected chi connectivity index (χ3v) is 4.54. The highest BCUT2D eigenvalue weighted by molar-refractivity contribution is 5.93. The third-order valence-electron chi connectivity index (χ3n) is 4.54. The van der Waals surface area contributed by atoms with Gasteiger partial charge >= 0.3 is 5.97 Å². The second kappa shape index (κ2) is 11.8. The summed E-state index contributed by atoms with van der Waals surface area (Å²) in [4.78, 5) is 48.1. The van der Waals surface area contributed by atoms with Gasteiger partial charge in [-0.3, -0.25) is 19.2 Å². The number of aliphatic carboxylic acids is 1. The third kappa shape index (κ3) is 8.30. The Morgan fingerprint density at radius 3 is 2.14 bits per heavy atom. The first-order chi connectivity index (χ1) is 13.6. The van der Waals surface area contributed by atoms with Gasteiger partial charge in [0.15, 0.2) is 0 Å². The van der Waals surface area contributed by atoms with Gasteiger partial charge in [-0.05, 0) is 18.4 Å². The van der Waals surface area contributed by atoms with E-state index in [1.165, 1.54) is 6.92 Å². The van der Waals surface area contributed by atoms with E-state index >= 15 is 0 Å². The zero-order chi connectivity index (χ0) is 22.0. The average molecular weight is 406 g/mol. The molecule has 0 aliphatic carbocycles. The van der Waals surface area contributed by atoms with Crippen molar-refractivity contribution in [3.8, 4) is 0 Å². The van der Waals surface area contributed by atoms with E-state index in [0.29, 0.717) is 6.42 Å². The Labute approximate surface area is 170 Å². The van der Waals surface area contributed by atoms with Crippen LogP contribution >= 0.6 is 0 Å². The minimum Gasteiger partial charge on any atom is -0.480 e. The van der Waals surface area contributed by atoms with Crippen LogP contribution in [0.4, 0.5) is 0 Å². The number of carboxylic acids is 1. The number of rotatable bonds is 11. The molecule has 0 aliphatic heterocycles. The zero-order valence-corrected chi connectivity index (χ0v) is 17.0. The Morgan fingerprint density at radius 1 is 1.00 bits per heavy atom. The van der Waals surface area contributed by atoms with Gasteiger partial charge in [0, 0.05) is 6.42 Å². The van der Waals surface area contributed by atoms with Crippen molar-refractivity contribution >= 4 is 23.7 Å². The normalized spacial score (nSPS) is 14.8. The van der Waals surface area contributed by atoms with Gasteiger partial charge in [-0.15, -0.1) is 0 Å². The molecule has 0 aliphatic rings. The highest BCUT2D eigenvalue weighted by atomic mass is 16.4. The summed E-state index contributed by atoms with van der Waals surface area (Å²) in [6, 6.07) is 6.37. The van der Waals surface area contributed by atoms with E-state index in [0.717, 1.165) is 5.56 Å². The molecule has 9 heteroatoms. The van der Waals surface area contributed by atoms with Gasteiger partial charge in [-0.1, -0.05) is 50.6 Å². The lowest BCUT2D eigenvalue weighted by molar-refractivity contribution is -0.138. The van der Waals surface area contributed by atoms with Crippen LogP contribution in [-0.2, 0) is 25.6 Å². The van der Waals surface area contributed by atoms with Crippen molar-refractivity contribution in [2.45, 2.75) is 51.7 Å². The maximum absolute atomic E-state index is 12.9. The van der Waals surface area contributed by atoms with Gasteiger partial charge in [-0.25, -0.2) is 0 Å². The molecule has 6 N–H and O–H groups in total. The number of carbonyl (C=O) groups excluding carboxylic acids is 3. The van der Waals surface area contributed by atoms with Crippen molar-refractivity contribution in [1.82, 2.24) is 16.0 Å². The maximum Gasteiger partial charge on any atom is 0.322 e. The number of benzene rings is 1. The predicted octanol–water partition coefficient (Wildman–Crippen LogP) is -0.207. The SMILES string of the molecule is CCC(C)C(NC(=O)C(C)N)C(=O)NC(Cc1ccccc1)C(=O)NCC(=O)O. The second-order valence-corrected chi connectivity index (χ2v) is 7.02. The van der Waals surface area contributed by atoms with Crippen molar-refractivity contribution in [3.63, 3.8) is 0 Å². The number of hydrogen-bond acceptors (Lipinski definition) is 5. The first kappa shape index (κ1) is 24.1. The highest BCUT2D eigenvalue weighted by Crippen LogP contribution is 2.10. The molecule has 0 saturated heterocycles. The van der Waals surface area contributed by atoms with Gasteiger partial charge in [0.1, 0.15) is 18.6 Å². The second-order valence-electron chi connectivity index (χ2n) is 7.02. The summed E-state index contributed by atoms with van der Waals surface area (Å²) in [5.41, 5.74) is 6.38. The largest absolute Gasteiger partial charge is 0.480 e. The van der Waals surface area contributed by atoms with Gasteiger partial charge in [0.05, 0.1) is 6.04 Å². The van der Waals surface area contributed by atoms with Crippen LogP contribution < -0.4 is 21.7 Å². The number of carbonyl (C=O) groups is 4. The van der Waals surface area contributed by atoms with Crippen LogP contribution in [0.1, 0.15) is 32.8 Å². The van der Waals surface area contributed by atoms with E-state index in [9.17, 15) is 19.2 Å². The summed E-state index contributed by atoms with van der Waals surface area (Å²) in [5, 5.41) is 16.4. The van der Waals surface area contributed by atoms with Crippen LogP contribution in [0, 0.1) is 5.92 Å². The van der Waals surface area contributed by atoms with Gasteiger partial charge < -0.3 is 26.8 Å². The standard InChI is InChI=1S/C20H30N4O5/c1-4-12(2)17(24-18(27)13(3)21)20(29)23-15(19(28)22-11-16(25)26)10-14-8-6-5-7-9-14/h5-9,12-13,15,17H,4,10-11,21H2,1-3H3,(H,22,28)(H,23,29)(H,24,27)(H,25,26). The fraction of sp³-hybridized carbons (Fsp3) is 0.500. The molecular formula is C20H30N4O5. The van der Waals surface area contributed by atoms with Gasteiger partial charge in [0.25, 0.3) is 0 Å². The maximum atomic E-state index is 12.9. The molecule has 3 amide bonds. The quantitative estimate of drug-likeness (QED) is 0.343. The fourth-order valence-corrected chi connectivity index (χ4v) is 2.59. The monoisotopic (exact) mass is 406 g/mol. The molecule has 4 atom stereocenters. The predicted molar refractivity (Wildman–Crippen MR) is 108 cm³/mol. The van der Waals surface area contributed by atoms with Gasteiger partial charge in [-0.2, -0.15) is 0 Å². The molecule has 0 aromatic heterocycles. The Bertz CT molecular complexity index is 708. The minimum atomic E-state index is -1.19. The zero-order valence-electron chi connectivity index (χ0n) is 17.0. The van der Waals surface area contributed by atoms with Gasteiger partial charge in [0.2, 0.25) is 17.7 Å². The number of nitrogens with two attached hydrogens (primary N) is 1. The van der Waals surface area contributed by atoms with Crippen LogP contribution in [0.25, 0.3) is 0 Å². The topological polar surface area (TPSA) is 151 Å². The van der Waals surface area contributed by atoms with Crippen molar-refractivity contribution < 1.29 is 24.3 Å². The molecule has 1 aromatic carbocycles. The summed E-state index contributed by atoms with van der Waals surface area (Å²) >= 11 is 0. The lowest BCUT2D eigenvalue weighted by Gasteiger charge is -2.27. The lowest BCUT2D eigenvalue weighted by Crippen LogP contribution is -2.58. The Balaban J connectivity index is 2.99. The number of amides is 3. The molecule has 29 heavy (non-hydrogen) atoms. The van der Waals surface area contributed by atoms with E-state index < -0.39 is 48.4 Å². The van der Waals surface area contributed by atoms with E-state index in [1.807, 2.05) is 19.9 Å². The van der Waals surface area contributed by atoms with Crippen LogP contribution in [0.2, 0.25) is 0 Å². The number of hydrogen-bond donors (Lipinski definition) is 5. The summed E-state index contributed by atoms with van der Waals surface area (Å²) in [6.07, 6.45) is 0.790. The highest BCUT2D eigenvalue weighted by Gasteiger charge is 2.30. The molecule has 1 rings (SSSR count). The number of carboxylic acid groups (broad SMARTS) is 1. The Morgan fingerprint density at radius 2 is 1.62 bits per heavy atom. The van der Waals surface area contributed by atoms with Crippen LogP contribution in [0.15, 0.2) is 30.3 Å².